The largest absolute Gasteiger partial charge is 0.496 e. The molecule has 0 radical (unpaired) electrons. The number of nitrogens with zero attached hydrogens (tertiary/aromatic N) is 1. The Kier molecular flexibility index (Phi) is 3.12. The minimum absolute atomic E-state index is 0.199. The van der Waals surface area contributed by atoms with Gasteiger partial charge in [-0.15, -0.1) is 0 Å². The molecule has 2 aliphatic rings. The Labute approximate surface area is 125 Å². The highest BCUT2D eigenvalue weighted by molar-refractivity contribution is 5.88. The minimum Gasteiger partial charge on any atom is -0.496 e. The van der Waals surface area contributed by atoms with Crippen molar-refractivity contribution in [2.45, 2.75) is 37.4 Å². The second-order valence-corrected chi connectivity index (χ2v) is 6.27. The first-order valence-corrected chi connectivity index (χ1v) is 7.86. The van der Waals surface area contributed by atoms with E-state index in [1.165, 1.54) is 29.2 Å². The van der Waals surface area contributed by atoms with Crippen molar-refractivity contribution in [2.24, 2.45) is 5.73 Å². The fourth-order valence-corrected chi connectivity index (χ4v) is 3.80. The molecule has 0 spiro atoms. The van der Waals surface area contributed by atoms with Crippen molar-refractivity contribution in [1.29, 1.82) is 0 Å². The van der Waals surface area contributed by atoms with Crippen molar-refractivity contribution in [3.63, 3.8) is 0 Å². The molecule has 1 saturated carbocycles. The van der Waals surface area contributed by atoms with Crippen molar-refractivity contribution in [3.8, 4) is 5.75 Å². The highest BCUT2D eigenvalue weighted by Gasteiger charge is 2.42. The maximum Gasteiger partial charge on any atom is 0.124 e. The molecular weight excluding hydrogens is 260 g/mol. The first-order chi connectivity index (χ1) is 10.3. The third-order valence-electron chi connectivity index (χ3n) is 4.95. The Morgan fingerprint density at radius 1 is 1.10 bits per heavy atom. The van der Waals surface area contributed by atoms with Gasteiger partial charge in [-0.3, -0.25) is 4.90 Å². The van der Waals surface area contributed by atoms with Gasteiger partial charge in [-0.2, -0.15) is 0 Å². The van der Waals surface area contributed by atoms with Gasteiger partial charge >= 0.3 is 0 Å². The second-order valence-electron chi connectivity index (χ2n) is 6.27. The van der Waals surface area contributed by atoms with E-state index in [9.17, 15) is 0 Å². The summed E-state index contributed by atoms with van der Waals surface area (Å²) in [6, 6.07) is 14.0. The number of likely N-dealkylation sites (tertiary alicyclic amines) is 1. The Hall–Kier alpha value is -1.58. The lowest BCUT2D eigenvalue weighted by Gasteiger charge is -2.29. The number of ether oxygens (including phenoxy) is 1. The Balaban J connectivity index is 1.90. The molecule has 0 aromatic heterocycles. The molecule has 3 heteroatoms. The summed E-state index contributed by atoms with van der Waals surface area (Å²) in [5, 5.41) is 2.55. The van der Waals surface area contributed by atoms with Crippen LogP contribution in [0.2, 0.25) is 0 Å². The molecule has 2 atom stereocenters. The van der Waals surface area contributed by atoms with Gasteiger partial charge in [-0.1, -0.05) is 30.3 Å². The average Bonchev–Trinajstić information content (AvgIpc) is 3.29. The average molecular weight is 282 g/mol. The first-order valence-electron chi connectivity index (χ1n) is 7.86. The molecule has 2 N–H and O–H groups in total. The third-order valence-corrected chi connectivity index (χ3v) is 4.95. The molecule has 1 aliphatic carbocycles. The van der Waals surface area contributed by atoms with Gasteiger partial charge in [0.25, 0.3) is 0 Å². The van der Waals surface area contributed by atoms with Gasteiger partial charge < -0.3 is 10.5 Å². The van der Waals surface area contributed by atoms with Gasteiger partial charge in [0.05, 0.1) is 13.2 Å². The van der Waals surface area contributed by atoms with Crippen LogP contribution < -0.4 is 10.5 Å². The molecule has 1 heterocycles. The van der Waals surface area contributed by atoms with E-state index in [-0.39, 0.29) is 6.04 Å². The third kappa shape index (κ3) is 2.12. The van der Waals surface area contributed by atoms with Crippen LogP contribution in [0.15, 0.2) is 36.4 Å². The summed E-state index contributed by atoms with van der Waals surface area (Å²) in [6.07, 6.45) is 3.71. The number of fused-ring (bicyclic) bond motifs is 1. The van der Waals surface area contributed by atoms with Gasteiger partial charge in [-0.05, 0) is 36.1 Å². The van der Waals surface area contributed by atoms with E-state index in [2.05, 4.69) is 41.3 Å². The van der Waals surface area contributed by atoms with Crippen LogP contribution in [0.1, 0.15) is 30.9 Å². The molecule has 110 valence electrons. The van der Waals surface area contributed by atoms with E-state index in [0.29, 0.717) is 6.04 Å². The van der Waals surface area contributed by atoms with Crippen molar-refractivity contribution < 1.29 is 4.74 Å². The standard InChI is InChI=1S/C18H22N2O/c1-21-16-9-6-12-4-2-3-5-14(12)17(16)18-15(19)10-11-20(18)13-7-8-13/h2-6,9,13,15,18H,7-8,10-11,19H2,1H3. The van der Waals surface area contributed by atoms with E-state index in [1.54, 1.807) is 7.11 Å². The first kappa shape index (κ1) is 13.1. The number of hydrogen-bond donors (Lipinski definition) is 1. The van der Waals surface area contributed by atoms with Crippen LogP contribution in [0.5, 0.6) is 5.75 Å². The van der Waals surface area contributed by atoms with E-state index in [1.807, 2.05) is 0 Å². The number of benzene rings is 2. The van der Waals surface area contributed by atoms with Crippen LogP contribution in [-0.2, 0) is 0 Å². The number of hydrogen-bond acceptors (Lipinski definition) is 3. The summed E-state index contributed by atoms with van der Waals surface area (Å²) in [5.74, 6) is 0.974. The van der Waals surface area contributed by atoms with Crippen LogP contribution in [0, 0.1) is 0 Å². The number of rotatable bonds is 3. The second kappa shape index (κ2) is 5.00. The van der Waals surface area contributed by atoms with Crippen LogP contribution in [0.4, 0.5) is 0 Å². The Morgan fingerprint density at radius 2 is 1.90 bits per heavy atom. The zero-order valence-corrected chi connectivity index (χ0v) is 12.5. The van der Waals surface area contributed by atoms with Crippen molar-refractivity contribution in [2.75, 3.05) is 13.7 Å². The summed E-state index contributed by atoms with van der Waals surface area (Å²) in [6.45, 7) is 1.11. The van der Waals surface area contributed by atoms with Crippen LogP contribution in [0.3, 0.4) is 0 Å². The van der Waals surface area contributed by atoms with E-state index in [4.69, 9.17) is 10.5 Å². The van der Waals surface area contributed by atoms with E-state index >= 15 is 0 Å². The molecule has 2 fully saturated rings. The summed E-state index contributed by atoms with van der Waals surface area (Å²) >= 11 is 0. The summed E-state index contributed by atoms with van der Waals surface area (Å²) in [5.41, 5.74) is 7.77. The fourth-order valence-electron chi connectivity index (χ4n) is 3.80. The highest BCUT2D eigenvalue weighted by Crippen LogP contribution is 2.45. The summed E-state index contributed by atoms with van der Waals surface area (Å²) < 4.78 is 5.68. The van der Waals surface area contributed by atoms with E-state index in [0.717, 1.165) is 24.8 Å². The smallest absolute Gasteiger partial charge is 0.124 e. The molecule has 2 aromatic rings. The molecular formula is C18H22N2O. The lowest BCUT2D eigenvalue weighted by molar-refractivity contribution is 0.233. The summed E-state index contributed by atoms with van der Waals surface area (Å²) in [7, 11) is 1.76. The quantitative estimate of drug-likeness (QED) is 0.940. The lowest BCUT2D eigenvalue weighted by Crippen LogP contribution is -2.33. The van der Waals surface area contributed by atoms with E-state index < -0.39 is 0 Å². The normalized spacial score (nSPS) is 26.4. The Bertz CT molecular complexity index is 665. The molecule has 3 nitrogen and oxygen atoms in total. The molecule has 21 heavy (non-hydrogen) atoms. The monoisotopic (exact) mass is 282 g/mol. The van der Waals surface area contributed by atoms with Gasteiger partial charge in [0.1, 0.15) is 5.75 Å². The highest BCUT2D eigenvalue weighted by atomic mass is 16.5. The van der Waals surface area contributed by atoms with Crippen LogP contribution in [0.25, 0.3) is 10.8 Å². The molecule has 2 unspecified atom stereocenters. The topological polar surface area (TPSA) is 38.5 Å². The molecule has 1 saturated heterocycles. The molecule has 0 amide bonds. The van der Waals surface area contributed by atoms with Gasteiger partial charge in [0, 0.05) is 24.2 Å². The lowest BCUT2D eigenvalue weighted by atomic mass is 9.93. The predicted molar refractivity (Wildman–Crippen MR) is 85.6 cm³/mol. The predicted octanol–water partition coefficient (Wildman–Crippen LogP) is 3.08. The Morgan fingerprint density at radius 3 is 2.67 bits per heavy atom. The maximum atomic E-state index is 6.48. The fraction of sp³-hybridized carbons (Fsp3) is 0.444. The maximum absolute atomic E-state index is 6.48. The van der Waals surface area contributed by atoms with Gasteiger partial charge in [-0.25, -0.2) is 0 Å². The van der Waals surface area contributed by atoms with Gasteiger partial charge in [0.15, 0.2) is 0 Å². The number of methoxy groups -OCH3 is 1. The van der Waals surface area contributed by atoms with Crippen molar-refractivity contribution in [1.82, 2.24) is 4.90 Å². The van der Waals surface area contributed by atoms with Gasteiger partial charge in [0.2, 0.25) is 0 Å². The number of nitrogens with two attached hydrogens (primary N) is 1. The SMILES string of the molecule is COc1ccc2ccccc2c1C1C(N)CCN1C1CC1. The zero-order chi connectivity index (χ0) is 14.4. The zero-order valence-electron chi connectivity index (χ0n) is 12.5. The molecule has 2 aromatic carbocycles. The molecule has 0 bridgehead atoms. The molecule has 4 rings (SSSR count). The van der Waals surface area contributed by atoms with Crippen molar-refractivity contribution in [3.05, 3.63) is 42.0 Å². The molecule has 1 aliphatic heterocycles. The van der Waals surface area contributed by atoms with Crippen LogP contribution in [-0.4, -0.2) is 30.6 Å². The minimum atomic E-state index is 0.199. The van der Waals surface area contributed by atoms with Crippen LogP contribution >= 0.6 is 0 Å². The van der Waals surface area contributed by atoms with Crippen molar-refractivity contribution >= 4 is 10.8 Å². The summed E-state index contributed by atoms with van der Waals surface area (Å²) in [4.78, 5) is 2.61.